The molecule has 0 aliphatic heterocycles. The van der Waals surface area contributed by atoms with E-state index in [2.05, 4.69) is 35.9 Å². The Balaban J connectivity index is 2.25. The van der Waals surface area contributed by atoms with E-state index in [0.29, 0.717) is 11.8 Å². The smallest absolute Gasteiger partial charge is 0.129 e. The summed E-state index contributed by atoms with van der Waals surface area (Å²) in [6, 6.07) is 10.2. The molecule has 2 heterocycles. The molecular formula is C17H22ClN3. The van der Waals surface area contributed by atoms with Crippen molar-refractivity contribution in [1.29, 1.82) is 0 Å². The molecule has 0 N–H and O–H groups in total. The first-order chi connectivity index (χ1) is 9.99. The third-order valence-electron chi connectivity index (χ3n) is 3.37. The van der Waals surface area contributed by atoms with Crippen molar-refractivity contribution in [2.24, 2.45) is 0 Å². The summed E-state index contributed by atoms with van der Waals surface area (Å²) in [6.45, 7) is 7.03. The Labute approximate surface area is 132 Å². The first-order valence-electron chi connectivity index (χ1n) is 7.20. The van der Waals surface area contributed by atoms with E-state index in [0.717, 1.165) is 35.0 Å². The molecule has 0 spiro atoms. The van der Waals surface area contributed by atoms with Crippen molar-refractivity contribution in [2.75, 3.05) is 11.9 Å². The van der Waals surface area contributed by atoms with E-state index in [1.807, 2.05) is 32.2 Å². The topological polar surface area (TPSA) is 29.0 Å². The van der Waals surface area contributed by atoms with Crippen LogP contribution in [0.4, 0.5) is 5.82 Å². The maximum absolute atomic E-state index is 6.00. The summed E-state index contributed by atoms with van der Waals surface area (Å²) >= 11 is 6.00. The van der Waals surface area contributed by atoms with Gasteiger partial charge in [-0.3, -0.25) is 4.98 Å². The lowest BCUT2D eigenvalue weighted by Gasteiger charge is -2.20. The molecule has 112 valence electrons. The van der Waals surface area contributed by atoms with Crippen LogP contribution in [0.2, 0.25) is 0 Å². The zero-order valence-corrected chi connectivity index (χ0v) is 13.9. The lowest BCUT2D eigenvalue weighted by molar-refractivity contribution is 0.797. The molecule has 0 aliphatic carbocycles. The number of anilines is 1. The number of hydrogen-bond donors (Lipinski definition) is 0. The van der Waals surface area contributed by atoms with Gasteiger partial charge in [0.1, 0.15) is 5.82 Å². The fourth-order valence-corrected chi connectivity index (χ4v) is 2.33. The summed E-state index contributed by atoms with van der Waals surface area (Å²) in [4.78, 5) is 11.4. The minimum Gasteiger partial charge on any atom is -0.354 e. The van der Waals surface area contributed by atoms with Crippen LogP contribution in [0.25, 0.3) is 0 Å². The lowest BCUT2D eigenvalue weighted by Crippen LogP contribution is -2.19. The van der Waals surface area contributed by atoms with Crippen molar-refractivity contribution >= 4 is 17.4 Å². The molecule has 3 nitrogen and oxygen atoms in total. The minimum absolute atomic E-state index is 0.386. The van der Waals surface area contributed by atoms with Gasteiger partial charge in [0.05, 0.1) is 12.2 Å². The van der Waals surface area contributed by atoms with Crippen LogP contribution in [0.15, 0.2) is 30.3 Å². The average Bonchev–Trinajstić information content (AvgIpc) is 2.46. The highest BCUT2D eigenvalue weighted by atomic mass is 35.5. The molecule has 0 fully saturated rings. The van der Waals surface area contributed by atoms with Gasteiger partial charge in [-0.2, -0.15) is 0 Å². The second kappa shape index (κ2) is 6.90. The lowest BCUT2D eigenvalue weighted by atomic mass is 10.1. The molecule has 0 bridgehead atoms. The predicted octanol–water partition coefficient (Wildman–Crippen LogP) is 4.28. The second-order valence-corrected chi connectivity index (χ2v) is 5.94. The first-order valence-corrected chi connectivity index (χ1v) is 7.73. The molecule has 0 unspecified atom stereocenters. The molecule has 4 heteroatoms. The molecule has 0 saturated heterocycles. The SMILES string of the molecule is Cc1cccc(CN(C)c2cc(CCl)cc(C(C)C)n2)n1. The average molecular weight is 304 g/mol. The Hall–Kier alpha value is -1.61. The predicted molar refractivity (Wildman–Crippen MR) is 89.0 cm³/mol. The Morgan fingerprint density at radius 1 is 1.19 bits per heavy atom. The van der Waals surface area contributed by atoms with E-state index in [1.165, 1.54) is 0 Å². The van der Waals surface area contributed by atoms with Crippen LogP contribution in [-0.2, 0) is 12.4 Å². The number of rotatable bonds is 5. The third kappa shape index (κ3) is 4.18. The molecule has 0 radical (unpaired) electrons. The Morgan fingerprint density at radius 3 is 2.57 bits per heavy atom. The van der Waals surface area contributed by atoms with E-state index in [4.69, 9.17) is 16.6 Å². The zero-order valence-electron chi connectivity index (χ0n) is 13.1. The van der Waals surface area contributed by atoms with Gasteiger partial charge in [-0.1, -0.05) is 19.9 Å². The maximum atomic E-state index is 6.00. The van der Waals surface area contributed by atoms with Crippen LogP contribution < -0.4 is 4.90 Å². The zero-order chi connectivity index (χ0) is 15.4. The molecular weight excluding hydrogens is 282 g/mol. The monoisotopic (exact) mass is 303 g/mol. The third-order valence-corrected chi connectivity index (χ3v) is 3.68. The summed E-state index contributed by atoms with van der Waals surface area (Å²) in [7, 11) is 2.04. The molecule has 0 amide bonds. The van der Waals surface area contributed by atoms with Gasteiger partial charge in [0.15, 0.2) is 0 Å². The van der Waals surface area contributed by atoms with Gasteiger partial charge in [0.2, 0.25) is 0 Å². The van der Waals surface area contributed by atoms with Crippen molar-refractivity contribution in [3.05, 3.63) is 53.0 Å². The van der Waals surface area contributed by atoms with Crippen molar-refractivity contribution in [3.63, 3.8) is 0 Å². The van der Waals surface area contributed by atoms with Gasteiger partial charge in [-0.05, 0) is 42.7 Å². The standard InChI is InChI=1S/C17H22ClN3/c1-12(2)16-8-14(10-18)9-17(20-16)21(4)11-15-7-5-6-13(3)19-15/h5-9,12H,10-11H2,1-4H3. The van der Waals surface area contributed by atoms with Crippen molar-refractivity contribution < 1.29 is 0 Å². The highest BCUT2D eigenvalue weighted by Crippen LogP contribution is 2.21. The van der Waals surface area contributed by atoms with E-state index in [1.54, 1.807) is 0 Å². The van der Waals surface area contributed by atoms with E-state index >= 15 is 0 Å². The number of halogens is 1. The molecule has 0 atom stereocenters. The molecule has 0 aromatic carbocycles. The molecule has 2 aromatic rings. The summed E-state index contributed by atoms with van der Waals surface area (Å²) in [6.07, 6.45) is 0. The Kier molecular flexibility index (Phi) is 5.18. The number of aryl methyl sites for hydroxylation is 1. The molecule has 2 aromatic heterocycles. The van der Waals surface area contributed by atoms with Crippen LogP contribution in [0, 0.1) is 6.92 Å². The van der Waals surface area contributed by atoms with Crippen LogP contribution in [0.1, 0.15) is 42.4 Å². The normalized spacial score (nSPS) is 11.0. The number of pyridine rings is 2. The maximum Gasteiger partial charge on any atom is 0.129 e. The second-order valence-electron chi connectivity index (χ2n) is 5.67. The summed E-state index contributed by atoms with van der Waals surface area (Å²) < 4.78 is 0. The quantitative estimate of drug-likeness (QED) is 0.772. The van der Waals surface area contributed by atoms with Crippen molar-refractivity contribution in [2.45, 2.75) is 39.1 Å². The molecule has 0 aliphatic rings. The largest absolute Gasteiger partial charge is 0.354 e. The molecule has 21 heavy (non-hydrogen) atoms. The molecule has 0 saturated carbocycles. The van der Waals surface area contributed by atoms with E-state index in [9.17, 15) is 0 Å². The van der Waals surface area contributed by atoms with Gasteiger partial charge < -0.3 is 4.90 Å². The van der Waals surface area contributed by atoms with Crippen molar-refractivity contribution in [1.82, 2.24) is 9.97 Å². The van der Waals surface area contributed by atoms with Gasteiger partial charge in [0.25, 0.3) is 0 Å². The number of hydrogen-bond acceptors (Lipinski definition) is 3. The van der Waals surface area contributed by atoms with Crippen molar-refractivity contribution in [3.8, 4) is 0 Å². The molecule has 2 rings (SSSR count). The fraction of sp³-hybridized carbons (Fsp3) is 0.412. The van der Waals surface area contributed by atoms with E-state index < -0.39 is 0 Å². The minimum atomic E-state index is 0.386. The van der Waals surface area contributed by atoms with Gasteiger partial charge in [-0.25, -0.2) is 4.98 Å². The van der Waals surface area contributed by atoms with Gasteiger partial charge >= 0.3 is 0 Å². The van der Waals surface area contributed by atoms with Crippen LogP contribution in [-0.4, -0.2) is 17.0 Å². The number of alkyl halides is 1. The van der Waals surface area contributed by atoms with E-state index in [-0.39, 0.29) is 0 Å². The highest BCUT2D eigenvalue weighted by molar-refractivity contribution is 6.17. The Bertz CT molecular complexity index is 611. The number of aromatic nitrogens is 2. The van der Waals surface area contributed by atoms with Crippen LogP contribution in [0.5, 0.6) is 0 Å². The number of nitrogens with zero attached hydrogens (tertiary/aromatic N) is 3. The highest BCUT2D eigenvalue weighted by Gasteiger charge is 2.10. The fourth-order valence-electron chi connectivity index (χ4n) is 2.17. The van der Waals surface area contributed by atoms with Gasteiger partial charge in [0, 0.05) is 24.3 Å². The summed E-state index contributed by atoms with van der Waals surface area (Å²) in [5.74, 6) is 1.84. The summed E-state index contributed by atoms with van der Waals surface area (Å²) in [5.41, 5.74) is 4.26. The first kappa shape index (κ1) is 15.8. The van der Waals surface area contributed by atoms with Crippen LogP contribution in [0.3, 0.4) is 0 Å². The van der Waals surface area contributed by atoms with Gasteiger partial charge in [-0.15, -0.1) is 11.6 Å². The summed E-state index contributed by atoms with van der Waals surface area (Å²) in [5, 5.41) is 0. The Morgan fingerprint density at radius 2 is 1.95 bits per heavy atom. The van der Waals surface area contributed by atoms with Crippen LogP contribution >= 0.6 is 11.6 Å².